The number of nitrogens with one attached hydrogen (secondary N) is 1. The summed E-state index contributed by atoms with van der Waals surface area (Å²) in [5, 5.41) is 28.5. The second-order valence-electron chi connectivity index (χ2n) is 9.57. The van der Waals surface area contributed by atoms with Gasteiger partial charge in [-0.15, -0.1) is 5.10 Å². The predicted molar refractivity (Wildman–Crippen MR) is 151 cm³/mol. The maximum atomic E-state index is 13.5. The molecule has 2 aromatic heterocycles. The molecule has 0 unspecified atom stereocenters. The van der Waals surface area contributed by atoms with Crippen LogP contribution in [-0.4, -0.2) is 31.8 Å². The third-order valence-corrected chi connectivity index (χ3v) is 7.23. The molecule has 9 nitrogen and oxygen atoms in total. The van der Waals surface area contributed by atoms with Crippen LogP contribution >= 0.6 is 11.6 Å². The predicted octanol–water partition coefficient (Wildman–Crippen LogP) is 4.65. The second-order valence-corrected chi connectivity index (χ2v) is 10.0. The highest BCUT2D eigenvalue weighted by Crippen LogP contribution is 2.30. The molecule has 1 aliphatic rings. The minimum absolute atomic E-state index is 0.256. The lowest BCUT2D eigenvalue weighted by Gasteiger charge is -2.19. The summed E-state index contributed by atoms with van der Waals surface area (Å²) < 4.78 is 2.31. The van der Waals surface area contributed by atoms with Crippen molar-refractivity contribution in [2.24, 2.45) is 4.99 Å². The summed E-state index contributed by atoms with van der Waals surface area (Å²) in [5.74, 6) is -0.256. The van der Waals surface area contributed by atoms with Crippen molar-refractivity contribution in [1.82, 2.24) is 25.5 Å². The number of amides is 1. The van der Waals surface area contributed by atoms with Crippen LogP contribution in [0.5, 0.6) is 0 Å². The van der Waals surface area contributed by atoms with E-state index in [9.17, 15) is 10.0 Å². The Hall–Kier alpha value is -4.89. The fourth-order valence-electron chi connectivity index (χ4n) is 4.96. The van der Waals surface area contributed by atoms with E-state index in [1.54, 1.807) is 30.3 Å². The number of hydrogen-bond donors (Lipinski definition) is 1. The highest BCUT2D eigenvalue weighted by Gasteiger charge is 2.25. The van der Waals surface area contributed by atoms with Crippen molar-refractivity contribution in [2.45, 2.75) is 25.9 Å². The molecule has 1 atom stereocenters. The summed E-state index contributed by atoms with van der Waals surface area (Å²) in [6.07, 6.45) is 3.40. The monoisotopic (exact) mass is 549 g/mol. The molecule has 0 radical (unpaired) electrons. The number of pyridine rings is 1. The van der Waals surface area contributed by atoms with Crippen LogP contribution in [0.1, 0.15) is 45.7 Å². The van der Waals surface area contributed by atoms with Crippen LogP contribution in [0.2, 0.25) is 5.02 Å². The summed E-state index contributed by atoms with van der Waals surface area (Å²) >= 11 is 6.30. The Balaban J connectivity index is 1.34. The molecular formula is C30H24ClN7O2. The van der Waals surface area contributed by atoms with E-state index in [4.69, 9.17) is 11.6 Å². The zero-order chi connectivity index (χ0) is 27.6. The zero-order valence-electron chi connectivity index (χ0n) is 21.5. The molecule has 10 heteroatoms. The van der Waals surface area contributed by atoms with Gasteiger partial charge in [0.05, 0.1) is 12.2 Å². The number of aliphatic imine (C=N–C) groups is 1. The number of aromatic nitrogens is 5. The van der Waals surface area contributed by atoms with E-state index in [1.807, 2.05) is 55.5 Å². The lowest BCUT2D eigenvalue weighted by atomic mass is 9.99. The number of rotatable bonds is 7. The summed E-state index contributed by atoms with van der Waals surface area (Å²) in [5.41, 5.74) is 6.98. The summed E-state index contributed by atoms with van der Waals surface area (Å²) in [4.78, 5) is 17.9. The molecule has 6 rings (SSSR count). The molecule has 40 heavy (non-hydrogen) atoms. The van der Waals surface area contributed by atoms with Crippen molar-refractivity contribution in [2.75, 3.05) is 0 Å². The standard InChI is InChI=1S/C30H24ClN7O2/c1-19-25-10-7-21(14-23(25)16-32-19)30(39)34-27(13-20-5-3-2-4-6-20)29-11-8-22(17-38(29)40)26-15-24(31)9-12-28(26)37-18-33-35-36-37/h2-12,14-15,17-18,27H,13,16H2,1H3,(H,34,39)/t27-/m0/s1. The molecule has 0 saturated carbocycles. The number of fused-ring (bicyclic) bond motifs is 1. The van der Waals surface area contributed by atoms with Crippen LogP contribution < -0.4 is 10.0 Å². The van der Waals surface area contributed by atoms with Gasteiger partial charge in [0.25, 0.3) is 5.91 Å². The van der Waals surface area contributed by atoms with E-state index in [0.717, 1.165) is 27.1 Å². The molecule has 0 bridgehead atoms. The zero-order valence-corrected chi connectivity index (χ0v) is 22.3. The number of tetrazole rings is 1. The number of benzene rings is 3. The van der Waals surface area contributed by atoms with Crippen LogP contribution in [0.4, 0.5) is 0 Å². The molecule has 1 N–H and O–H groups in total. The van der Waals surface area contributed by atoms with Crippen LogP contribution in [0.15, 0.2) is 96.4 Å². The molecule has 3 aromatic carbocycles. The van der Waals surface area contributed by atoms with E-state index in [-0.39, 0.29) is 5.91 Å². The number of nitrogens with zero attached hydrogens (tertiary/aromatic N) is 6. The molecule has 198 valence electrons. The number of halogens is 1. The maximum absolute atomic E-state index is 13.5. The second kappa shape index (κ2) is 10.7. The average Bonchev–Trinajstić information content (AvgIpc) is 3.63. The molecule has 0 fully saturated rings. The molecule has 5 aromatic rings. The van der Waals surface area contributed by atoms with Crippen molar-refractivity contribution in [3.8, 4) is 16.8 Å². The van der Waals surface area contributed by atoms with Gasteiger partial charge in [0.15, 0.2) is 6.20 Å². The Labute approximate surface area is 235 Å². The molecule has 0 spiro atoms. The Kier molecular flexibility index (Phi) is 6.79. The minimum Gasteiger partial charge on any atom is -0.618 e. The molecule has 1 aliphatic heterocycles. The van der Waals surface area contributed by atoms with E-state index in [2.05, 4.69) is 25.8 Å². The molecule has 1 amide bonds. The number of carbonyl (C=O) groups is 1. The van der Waals surface area contributed by atoms with Crippen LogP contribution in [0.25, 0.3) is 16.8 Å². The first kappa shape index (κ1) is 25.4. The molecule has 0 saturated heterocycles. The lowest BCUT2D eigenvalue weighted by Crippen LogP contribution is -2.40. The van der Waals surface area contributed by atoms with Gasteiger partial charge in [-0.1, -0.05) is 48.0 Å². The smallest absolute Gasteiger partial charge is 0.251 e. The maximum Gasteiger partial charge on any atom is 0.251 e. The molecular weight excluding hydrogens is 526 g/mol. The third-order valence-electron chi connectivity index (χ3n) is 7.00. The van der Waals surface area contributed by atoms with E-state index in [1.165, 1.54) is 17.2 Å². The van der Waals surface area contributed by atoms with E-state index < -0.39 is 6.04 Å². The first-order valence-corrected chi connectivity index (χ1v) is 13.1. The van der Waals surface area contributed by atoms with Crippen molar-refractivity contribution < 1.29 is 9.52 Å². The van der Waals surface area contributed by atoms with E-state index >= 15 is 0 Å². The van der Waals surface area contributed by atoms with Gasteiger partial charge in [0.2, 0.25) is 5.69 Å². The summed E-state index contributed by atoms with van der Waals surface area (Å²) in [6, 6.07) is 23.6. The normalized spacial score (nSPS) is 13.0. The summed E-state index contributed by atoms with van der Waals surface area (Å²) in [6.45, 7) is 2.53. The SMILES string of the molecule is CC1=NCc2cc(C(=O)N[C@@H](Cc3ccccc3)c3ccc(-c4cc(Cl)ccc4-n4cnnn4)c[n+]3[O-])ccc21. The van der Waals surface area contributed by atoms with Crippen molar-refractivity contribution in [1.29, 1.82) is 0 Å². The fraction of sp³-hybridized carbons (Fsp3) is 0.133. The Bertz CT molecular complexity index is 1740. The van der Waals surface area contributed by atoms with Gasteiger partial charge in [0.1, 0.15) is 12.4 Å². The quantitative estimate of drug-likeness (QED) is 0.234. The highest BCUT2D eigenvalue weighted by molar-refractivity contribution is 6.31. The average molecular weight is 550 g/mol. The fourth-order valence-corrected chi connectivity index (χ4v) is 5.13. The Morgan fingerprint density at radius 1 is 1.07 bits per heavy atom. The Morgan fingerprint density at radius 2 is 1.93 bits per heavy atom. The van der Waals surface area contributed by atoms with Gasteiger partial charge in [-0.3, -0.25) is 9.79 Å². The first-order chi connectivity index (χ1) is 19.5. The van der Waals surface area contributed by atoms with Gasteiger partial charge in [-0.05, 0) is 64.9 Å². The van der Waals surface area contributed by atoms with Crippen molar-refractivity contribution in [3.05, 3.63) is 130 Å². The largest absolute Gasteiger partial charge is 0.618 e. The van der Waals surface area contributed by atoms with Crippen LogP contribution in [0.3, 0.4) is 0 Å². The highest BCUT2D eigenvalue weighted by atomic mass is 35.5. The third kappa shape index (κ3) is 5.06. The minimum atomic E-state index is -0.578. The number of hydrogen-bond acceptors (Lipinski definition) is 6. The van der Waals surface area contributed by atoms with Gasteiger partial charge in [-0.2, -0.15) is 9.41 Å². The Morgan fingerprint density at radius 3 is 2.70 bits per heavy atom. The van der Waals surface area contributed by atoms with E-state index in [0.29, 0.717) is 46.1 Å². The summed E-state index contributed by atoms with van der Waals surface area (Å²) in [7, 11) is 0. The van der Waals surface area contributed by atoms with Gasteiger partial charge < -0.3 is 10.5 Å². The van der Waals surface area contributed by atoms with Crippen LogP contribution in [0, 0.1) is 5.21 Å². The topological polar surface area (TPSA) is 112 Å². The lowest BCUT2D eigenvalue weighted by molar-refractivity contribution is -0.615. The number of carbonyl (C=O) groups excluding carboxylic acids is 1. The molecule has 3 heterocycles. The van der Waals surface area contributed by atoms with Gasteiger partial charge in [0, 0.05) is 45.5 Å². The van der Waals surface area contributed by atoms with Crippen LogP contribution in [-0.2, 0) is 13.0 Å². The first-order valence-electron chi connectivity index (χ1n) is 12.7. The van der Waals surface area contributed by atoms with Gasteiger partial charge in [-0.25, -0.2) is 0 Å². The van der Waals surface area contributed by atoms with Gasteiger partial charge >= 0.3 is 0 Å². The van der Waals surface area contributed by atoms with Crippen molar-refractivity contribution in [3.63, 3.8) is 0 Å². The van der Waals surface area contributed by atoms with Crippen molar-refractivity contribution >= 4 is 23.2 Å². The molecule has 0 aliphatic carbocycles.